The molecule has 44 heavy (non-hydrogen) atoms. The van der Waals surface area contributed by atoms with Gasteiger partial charge in [0, 0.05) is 6.54 Å². The van der Waals surface area contributed by atoms with Crippen LogP contribution in [-0.2, 0) is 12.8 Å². The van der Waals surface area contributed by atoms with Crippen LogP contribution in [-0.4, -0.2) is 41.1 Å². The van der Waals surface area contributed by atoms with Gasteiger partial charge in [-0.2, -0.15) is 0 Å². The van der Waals surface area contributed by atoms with E-state index in [1.807, 2.05) is 61.5 Å². The number of carbonyl (C=O) groups excluding carboxylic acids is 1. The van der Waals surface area contributed by atoms with E-state index in [4.69, 9.17) is 14.5 Å². The van der Waals surface area contributed by atoms with E-state index in [1.165, 1.54) is 12.1 Å². The Morgan fingerprint density at radius 2 is 1.57 bits per heavy atom. The minimum absolute atomic E-state index is 0.0414. The second kappa shape index (κ2) is 13.5. The third-order valence-electron chi connectivity index (χ3n) is 7.92. The lowest BCUT2D eigenvalue weighted by molar-refractivity contribution is 0.0657. The predicted octanol–water partition coefficient (Wildman–Crippen LogP) is 6.94. The number of carbonyl (C=O) groups is 1. The molecule has 0 N–H and O–H groups in total. The molecule has 1 heterocycles. The quantitative estimate of drug-likeness (QED) is 0.166. The summed E-state index contributed by atoms with van der Waals surface area (Å²) in [4.78, 5) is 34.9. The number of hydrogen-bond acceptors (Lipinski definition) is 5. The third kappa shape index (κ3) is 6.06. The van der Waals surface area contributed by atoms with Crippen molar-refractivity contribution in [3.05, 3.63) is 130 Å². The van der Waals surface area contributed by atoms with Gasteiger partial charge in [-0.1, -0.05) is 56.3 Å². The molecule has 0 spiro atoms. The highest BCUT2D eigenvalue weighted by atomic mass is 19.1. The molecule has 0 radical (unpaired) electrons. The van der Waals surface area contributed by atoms with Gasteiger partial charge in [-0.05, 0) is 78.9 Å². The van der Waals surface area contributed by atoms with Crippen LogP contribution < -0.4 is 15.0 Å². The normalized spacial score (nSPS) is 11.8. The Bertz CT molecular complexity index is 1830. The van der Waals surface area contributed by atoms with Crippen molar-refractivity contribution in [1.82, 2.24) is 14.5 Å². The molecule has 7 nitrogen and oxygen atoms in total. The number of para-hydroxylation sites is 1. The summed E-state index contributed by atoms with van der Waals surface area (Å²) in [6, 6.07) is 25.9. The molecule has 1 unspecified atom stereocenters. The number of nitrogens with zero attached hydrogens (tertiary/aromatic N) is 3. The third-order valence-corrected chi connectivity index (χ3v) is 7.92. The average Bonchev–Trinajstić information content (AvgIpc) is 3.06. The van der Waals surface area contributed by atoms with E-state index in [-0.39, 0.29) is 17.7 Å². The monoisotopic (exact) mass is 593 g/mol. The maximum absolute atomic E-state index is 15.1. The molecule has 5 rings (SSSR count). The first-order valence-corrected chi connectivity index (χ1v) is 14.8. The molecule has 0 aliphatic rings. The number of halogens is 1. The number of hydrogen-bond donors (Lipinski definition) is 0. The first kappa shape index (κ1) is 30.5. The molecule has 4 aromatic carbocycles. The first-order chi connectivity index (χ1) is 21.4. The van der Waals surface area contributed by atoms with Gasteiger partial charge in [0.1, 0.15) is 11.6 Å². The number of aryl methyl sites for hydroxylation is 1. The summed E-state index contributed by atoms with van der Waals surface area (Å²) in [7, 11) is 3.14. The molecule has 0 fully saturated rings. The van der Waals surface area contributed by atoms with Gasteiger partial charge < -0.3 is 14.4 Å². The number of fused-ring (bicyclic) bond motifs is 1. The van der Waals surface area contributed by atoms with Crippen molar-refractivity contribution in [2.45, 2.75) is 39.2 Å². The van der Waals surface area contributed by atoms with E-state index in [9.17, 15) is 9.59 Å². The summed E-state index contributed by atoms with van der Waals surface area (Å²) in [5, 5.41) is 0.475. The summed E-state index contributed by atoms with van der Waals surface area (Å²) >= 11 is 0. The second-order valence-corrected chi connectivity index (χ2v) is 10.5. The van der Waals surface area contributed by atoms with Crippen LogP contribution in [0.4, 0.5) is 4.39 Å². The molecule has 1 atom stereocenters. The predicted molar refractivity (Wildman–Crippen MR) is 170 cm³/mol. The fourth-order valence-corrected chi connectivity index (χ4v) is 5.52. The molecule has 0 saturated heterocycles. The van der Waals surface area contributed by atoms with Crippen LogP contribution in [0.3, 0.4) is 0 Å². The van der Waals surface area contributed by atoms with Crippen LogP contribution in [0.1, 0.15) is 53.6 Å². The summed E-state index contributed by atoms with van der Waals surface area (Å²) in [5.41, 5.74) is 2.95. The van der Waals surface area contributed by atoms with E-state index in [0.29, 0.717) is 46.8 Å². The van der Waals surface area contributed by atoms with E-state index in [1.54, 1.807) is 48.0 Å². The van der Waals surface area contributed by atoms with Gasteiger partial charge in [-0.3, -0.25) is 14.2 Å². The first-order valence-electron chi connectivity index (χ1n) is 14.8. The molecule has 5 aromatic rings. The number of amides is 1. The van der Waals surface area contributed by atoms with Gasteiger partial charge in [0.05, 0.1) is 42.4 Å². The van der Waals surface area contributed by atoms with Crippen molar-refractivity contribution >= 4 is 16.8 Å². The zero-order chi connectivity index (χ0) is 31.2. The van der Waals surface area contributed by atoms with Gasteiger partial charge in [0.2, 0.25) is 0 Å². The topological polar surface area (TPSA) is 73.7 Å². The van der Waals surface area contributed by atoms with E-state index < -0.39 is 17.8 Å². The molecule has 0 bridgehead atoms. The van der Waals surface area contributed by atoms with Crippen LogP contribution in [0.5, 0.6) is 11.5 Å². The zero-order valence-electron chi connectivity index (χ0n) is 25.4. The number of ether oxygens (including phenoxy) is 2. The summed E-state index contributed by atoms with van der Waals surface area (Å²) in [6.45, 7) is 4.25. The Labute approximate surface area is 256 Å². The maximum atomic E-state index is 15.1. The molecule has 0 saturated carbocycles. The van der Waals surface area contributed by atoms with Gasteiger partial charge in [-0.15, -0.1) is 0 Å². The minimum Gasteiger partial charge on any atom is -0.493 e. The highest BCUT2D eigenvalue weighted by Crippen LogP contribution is 2.31. The highest BCUT2D eigenvalue weighted by molar-refractivity contribution is 5.94. The van der Waals surface area contributed by atoms with Crippen molar-refractivity contribution in [3.8, 4) is 17.2 Å². The molecule has 226 valence electrons. The maximum Gasteiger partial charge on any atom is 0.266 e. The molecule has 0 aliphatic heterocycles. The number of rotatable bonds is 11. The average molecular weight is 594 g/mol. The molecule has 8 heteroatoms. The van der Waals surface area contributed by atoms with Crippen LogP contribution in [0.2, 0.25) is 0 Å². The van der Waals surface area contributed by atoms with Crippen molar-refractivity contribution in [2.24, 2.45) is 0 Å². The van der Waals surface area contributed by atoms with Crippen molar-refractivity contribution < 1.29 is 18.7 Å². The standard InChI is InChI=1S/C36H36FN3O4/c1-5-24-15-18-26(19-16-24)40-34(38-30-14-10-8-12-28(30)36(40)42)31(6-2)39(35(41)27-11-7-9-13-29(27)37)22-21-25-17-20-32(43-3)33(23-25)44-4/h7-20,23,31H,5-6,21-22H2,1-4H3. The largest absolute Gasteiger partial charge is 0.493 e. The Kier molecular flexibility index (Phi) is 9.38. The fraction of sp³-hybridized carbons (Fsp3) is 0.250. The molecule has 0 aliphatic carbocycles. The summed E-state index contributed by atoms with van der Waals surface area (Å²) in [6.07, 6.45) is 1.74. The Balaban J connectivity index is 1.66. The number of methoxy groups -OCH3 is 2. The van der Waals surface area contributed by atoms with Crippen LogP contribution in [0, 0.1) is 5.82 Å². The zero-order valence-corrected chi connectivity index (χ0v) is 25.4. The van der Waals surface area contributed by atoms with Gasteiger partial charge in [-0.25, -0.2) is 9.37 Å². The number of benzene rings is 4. The molecular formula is C36H36FN3O4. The smallest absolute Gasteiger partial charge is 0.266 e. The van der Waals surface area contributed by atoms with Crippen LogP contribution in [0.25, 0.3) is 16.6 Å². The van der Waals surface area contributed by atoms with Crippen molar-refractivity contribution in [3.63, 3.8) is 0 Å². The van der Waals surface area contributed by atoms with Gasteiger partial charge >= 0.3 is 0 Å². The Morgan fingerprint density at radius 3 is 2.25 bits per heavy atom. The van der Waals surface area contributed by atoms with Crippen LogP contribution >= 0.6 is 0 Å². The molecule has 1 amide bonds. The van der Waals surface area contributed by atoms with Gasteiger partial charge in [0.15, 0.2) is 11.5 Å². The highest BCUT2D eigenvalue weighted by Gasteiger charge is 2.31. The molecule has 1 aromatic heterocycles. The van der Waals surface area contributed by atoms with Crippen molar-refractivity contribution in [1.29, 1.82) is 0 Å². The summed E-state index contributed by atoms with van der Waals surface area (Å²) < 4.78 is 27.5. The SMILES string of the molecule is CCc1ccc(-n2c(C(CC)N(CCc3ccc(OC)c(OC)c3)C(=O)c3ccccc3F)nc3ccccc3c2=O)cc1. The van der Waals surface area contributed by atoms with E-state index >= 15 is 4.39 Å². The van der Waals surface area contributed by atoms with Crippen molar-refractivity contribution in [2.75, 3.05) is 20.8 Å². The summed E-state index contributed by atoms with van der Waals surface area (Å²) in [5.74, 6) is 0.496. The Hall–Kier alpha value is -4.98. The lowest BCUT2D eigenvalue weighted by atomic mass is 10.0. The van der Waals surface area contributed by atoms with E-state index in [2.05, 4.69) is 6.92 Å². The minimum atomic E-state index is -0.648. The fourth-order valence-electron chi connectivity index (χ4n) is 5.52. The second-order valence-electron chi connectivity index (χ2n) is 10.5. The number of aromatic nitrogens is 2. The lowest BCUT2D eigenvalue weighted by Crippen LogP contribution is -2.40. The lowest BCUT2D eigenvalue weighted by Gasteiger charge is -2.33. The van der Waals surface area contributed by atoms with Crippen LogP contribution in [0.15, 0.2) is 95.8 Å². The van der Waals surface area contributed by atoms with Gasteiger partial charge in [0.25, 0.3) is 11.5 Å². The Morgan fingerprint density at radius 1 is 0.886 bits per heavy atom. The molecular weight excluding hydrogens is 557 g/mol. The van der Waals surface area contributed by atoms with E-state index in [0.717, 1.165) is 17.5 Å².